The fraction of sp³-hybridized carbons (Fsp3) is 0.214. The normalized spacial score (nSPS) is 15.7. The van der Waals surface area contributed by atoms with Crippen LogP contribution in [-0.4, -0.2) is 32.1 Å². The molecule has 10 heteroatoms. The molecule has 0 spiro atoms. The van der Waals surface area contributed by atoms with E-state index in [9.17, 15) is 18.0 Å². The number of aromatic amines is 1. The Labute approximate surface area is 216 Å². The minimum Gasteiger partial charge on any atom is -0.439 e. The van der Waals surface area contributed by atoms with Gasteiger partial charge in [-0.15, -0.1) is 0 Å². The molecule has 0 atom stereocenters. The summed E-state index contributed by atoms with van der Waals surface area (Å²) in [4.78, 5) is 20.8. The summed E-state index contributed by atoms with van der Waals surface area (Å²) in [6.07, 6.45) is 5.00. The van der Waals surface area contributed by atoms with Gasteiger partial charge in [0.25, 0.3) is 5.91 Å². The van der Waals surface area contributed by atoms with Gasteiger partial charge in [-0.25, -0.2) is 4.98 Å². The van der Waals surface area contributed by atoms with E-state index in [4.69, 9.17) is 4.74 Å². The van der Waals surface area contributed by atoms with E-state index in [0.717, 1.165) is 49.2 Å². The molecule has 1 aromatic carbocycles. The Morgan fingerprint density at radius 2 is 1.84 bits per heavy atom. The van der Waals surface area contributed by atoms with Crippen molar-refractivity contribution in [1.29, 1.82) is 0 Å². The summed E-state index contributed by atoms with van der Waals surface area (Å²) in [7, 11) is 0. The molecule has 1 fully saturated rings. The number of hydrogen-bond donors (Lipinski definition) is 2. The van der Waals surface area contributed by atoms with Crippen LogP contribution in [0.2, 0.25) is 0 Å². The van der Waals surface area contributed by atoms with Gasteiger partial charge in [-0.2, -0.15) is 18.3 Å². The molecule has 1 aliphatic rings. The van der Waals surface area contributed by atoms with E-state index in [-0.39, 0.29) is 17.8 Å². The fourth-order valence-electron chi connectivity index (χ4n) is 4.26. The highest BCUT2D eigenvalue weighted by molar-refractivity contribution is 5.94. The van der Waals surface area contributed by atoms with Crippen LogP contribution in [0.1, 0.15) is 47.2 Å². The zero-order valence-corrected chi connectivity index (χ0v) is 20.2. The molecule has 0 unspecified atom stereocenters. The number of benzene rings is 1. The molecule has 5 rings (SSSR count). The van der Waals surface area contributed by atoms with Crippen LogP contribution < -0.4 is 10.1 Å². The maximum Gasteiger partial charge on any atom is 0.417 e. The van der Waals surface area contributed by atoms with Gasteiger partial charge in [0.2, 0.25) is 5.88 Å². The molecule has 1 saturated carbocycles. The topological polar surface area (TPSA) is 92.8 Å². The molecule has 2 N–H and O–H groups in total. The van der Waals surface area contributed by atoms with Crippen LogP contribution in [0.4, 0.5) is 13.2 Å². The van der Waals surface area contributed by atoms with Gasteiger partial charge < -0.3 is 10.1 Å². The number of pyridine rings is 2. The Morgan fingerprint density at radius 1 is 1.00 bits per heavy atom. The minimum absolute atomic E-state index is 0.0751. The van der Waals surface area contributed by atoms with Crippen LogP contribution in [0.25, 0.3) is 17.5 Å². The van der Waals surface area contributed by atoms with Crippen molar-refractivity contribution in [2.45, 2.75) is 37.9 Å². The lowest BCUT2D eigenvalue weighted by atomic mass is 9.89. The minimum atomic E-state index is -4.44. The van der Waals surface area contributed by atoms with Gasteiger partial charge in [-0.1, -0.05) is 23.8 Å². The van der Waals surface area contributed by atoms with Crippen molar-refractivity contribution in [3.63, 3.8) is 0 Å². The molecule has 7 nitrogen and oxygen atoms in total. The number of carbonyl (C=O) groups excluding carboxylic acids is 1. The molecule has 3 aromatic heterocycles. The monoisotopic (exact) mass is 519 g/mol. The zero-order valence-electron chi connectivity index (χ0n) is 20.2. The number of carbonyl (C=O) groups is 1. The molecular formula is C28H24F3N5O2. The lowest BCUT2D eigenvalue weighted by molar-refractivity contribution is -0.137. The lowest BCUT2D eigenvalue weighted by Gasteiger charge is -2.25. The number of rotatable bonds is 6. The first-order valence-corrected chi connectivity index (χ1v) is 12.1. The summed E-state index contributed by atoms with van der Waals surface area (Å²) in [5.41, 5.74) is 3.28. The van der Waals surface area contributed by atoms with Crippen LogP contribution >= 0.6 is 0 Å². The number of alkyl halides is 3. The Kier molecular flexibility index (Phi) is 7.21. The van der Waals surface area contributed by atoms with E-state index in [1.807, 2.05) is 24.3 Å². The van der Waals surface area contributed by atoms with Crippen molar-refractivity contribution in [3.8, 4) is 23.0 Å². The number of halogens is 3. The number of nitrogens with zero attached hydrogens (tertiary/aromatic N) is 3. The third-order valence-electron chi connectivity index (χ3n) is 6.27. The molecule has 0 radical (unpaired) electrons. The van der Waals surface area contributed by atoms with E-state index >= 15 is 0 Å². The molecule has 4 aromatic rings. The molecule has 0 saturated heterocycles. The van der Waals surface area contributed by atoms with Crippen molar-refractivity contribution in [2.75, 3.05) is 0 Å². The molecular weight excluding hydrogens is 495 g/mol. The molecule has 3 heterocycles. The van der Waals surface area contributed by atoms with Gasteiger partial charge in [0, 0.05) is 30.7 Å². The Bertz CT molecular complexity index is 1410. The average Bonchev–Trinajstić information content (AvgIpc) is 3.45. The number of aromatic nitrogens is 4. The number of amides is 1. The second-order valence-corrected chi connectivity index (χ2v) is 9.00. The predicted molar refractivity (Wildman–Crippen MR) is 135 cm³/mol. The van der Waals surface area contributed by atoms with Crippen molar-refractivity contribution in [2.24, 2.45) is 0 Å². The van der Waals surface area contributed by atoms with Gasteiger partial charge in [0.05, 0.1) is 16.8 Å². The van der Waals surface area contributed by atoms with Crippen molar-refractivity contribution in [3.05, 3.63) is 95.5 Å². The molecule has 38 heavy (non-hydrogen) atoms. The third kappa shape index (κ3) is 6.26. The average molecular weight is 520 g/mol. The smallest absolute Gasteiger partial charge is 0.417 e. The summed E-state index contributed by atoms with van der Waals surface area (Å²) in [6, 6.07) is 14.9. The summed E-state index contributed by atoms with van der Waals surface area (Å²) in [5, 5.41) is 9.93. The molecule has 1 amide bonds. The summed E-state index contributed by atoms with van der Waals surface area (Å²) in [5.74, 6) is 0.426. The van der Waals surface area contributed by atoms with Crippen molar-refractivity contribution < 1.29 is 22.7 Å². The molecule has 1 aliphatic carbocycles. The maximum atomic E-state index is 12.7. The summed E-state index contributed by atoms with van der Waals surface area (Å²) >= 11 is 0. The van der Waals surface area contributed by atoms with Crippen molar-refractivity contribution >= 4 is 12.0 Å². The van der Waals surface area contributed by atoms with Gasteiger partial charge in [0.1, 0.15) is 11.4 Å². The second-order valence-electron chi connectivity index (χ2n) is 9.00. The molecule has 0 bridgehead atoms. The van der Waals surface area contributed by atoms with E-state index in [1.54, 1.807) is 30.6 Å². The number of hydrogen-bond acceptors (Lipinski definition) is 5. The predicted octanol–water partition coefficient (Wildman–Crippen LogP) is 6.43. The van der Waals surface area contributed by atoms with Gasteiger partial charge in [-0.3, -0.25) is 14.9 Å². The summed E-state index contributed by atoms with van der Waals surface area (Å²) < 4.78 is 43.8. The van der Waals surface area contributed by atoms with E-state index in [0.29, 0.717) is 17.0 Å². The SMILES string of the molecule is O=C(NC1CCC(=Cc2cccc(Oc3ccc(C(F)(F)F)cn3)c2)CC1)c1ccc(-c2cc[nH]n2)nc1. The van der Waals surface area contributed by atoms with Crippen LogP contribution in [0, 0.1) is 0 Å². The third-order valence-corrected chi connectivity index (χ3v) is 6.27. The van der Waals surface area contributed by atoms with Crippen LogP contribution in [0.5, 0.6) is 11.6 Å². The Balaban J connectivity index is 1.14. The van der Waals surface area contributed by atoms with Crippen LogP contribution in [-0.2, 0) is 6.18 Å². The molecule has 0 aliphatic heterocycles. The number of ether oxygens (including phenoxy) is 1. The van der Waals surface area contributed by atoms with Crippen LogP contribution in [0.3, 0.4) is 0 Å². The maximum absolute atomic E-state index is 12.7. The fourth-order valence-corrected chi connectivity index (χ4v) is 4.26. The first-order chi connectivity index (χ1) is 18.3. The van der Waals surface area contributed by atoms with E-state index in [1.165, 1.54) is 11.6 Å². The second kappa shape index (κ2) is 10.9. The molecule has 194 valence electrons. The largest absolute Gasteiger partial charge is 0.439 e. The van der Waals surface area contributed by atoms with E-state index < -0.39 is 11.7 Å². The van der Waals surface area contributed by atoms with Crippen molar-refractivity contribution in [1.82, 2.24) is 25.5 Å². The van der Waals surface area contributed by atoms with Gasteiger partial charge in [0.15, 0.2) is 0 Å². The van der Waals surface area contributed by atoms with Gasteiger partial charge in [-0.05, 0) is 67.6 Å². The summed E-state index contributed by atoms with van der Waals surface area (Å²) in [6.45, 7) is 0. The Hall–Kier alpha value is -4.47. The zero-order chi connectivity index (χ0) is 26.5. The van der Waals surface area contributed by atoms with Crippen LogP contribution in [0.15, 0.2) is 78.8 Å². The number of nitrogens with one attached hydrogen (secondary N) is 2. The van der Waals surface area contributed by atoms with Gasteiger partial charge >= 0.3 is 6.18 Å². The standard InChI is InChI=1S/C28H24F3N5O2/c29-28(30,31)21-7-11-26(33-17-21)38-23-3-1-2-19(15-23)14-18-4-8-22(9-5-18)35-27(37)20-6-10-24(32-16-20)25-12-13-34-36-25/h1-3,6-7,10-17,22H,4-5,8-9H2,(H,34,36)(H,35,37). The first kappa shape index (κ1) is 25.2. The quantitative estimate of drug-likeness (QED) is 0.306. The lowest BCUT2D eigenvalue weighted by Crippen LogP contribution is -2.36. The number of allylic oxidation sites excluding steroid dienone is 1. The van der Waals surface area contributed by atoms with E-state index in [2.05, 4.69) is 31.6 Å². The highest BCUT2D eigenvalue weighted by atomic mass is 19.4. The number of H-pyrrole nitrogens is 1. The highest BCUT2D eigenvalue weighted by Crippen LogP contribution is 2.31. The Morgan fingerprint density at radius 3 is 2.50 bits per heavy atom. The first-order valence-electron chi connectivity index (χ1n) is 12.1. The highest BCUT2D eigenvalue weighted by Gasteiger charge is 2.30.